The van der Waals surface area contributed by atoms with Crippen LogP contribution in [0.1, 0.15) is 25.1 Å². The van der Waals surface area contributed by atoms with E-state index in [9.17, 15) is 4.79 Å². The van der Waals surface area contributed by atoms with Gasteiger partial charge in [0.2, 0.25) is 5.91 Å². The number of hydrogen-bond donors (Lipinski definition) is 0. The van der Waals surface area contributed by atoms with Crippen LogP contribution >= 0.6 is 0 Å². The summed E-state index contributed by atoms with van der Waals surface area (Å²) in [5.74, 6) is 2.22. The fourth-order valence-electron chi connectivity index (χ4n) is 3.66. The number of aromatic nitrogens is 2. The van der Waals surface area contributed by atoms with Crippen molar-refractivity contribution in [1.82, 2.24) is 14.5 Å². The third-order valence-corrected chi connectivity index (χ3v) is 4.97. The summed E-state index contributed by atoms with van der Waals surface area (Å²) in [7, 11) is 0. The van der Waals surface area contributed by atoms with Crippen LogP contribution in [0.4, 0.5) is 0 Å². The second-order valence-corrected chi connectivity index (χ2v) is 6.61. The van der Waals surface area contributed by atoms with Crippen LogP contribution in [0.2, 0.25) is 0 Å². The molecule has 4 rings (SSSR count). The quantitative estimate of drug-likeness (QED) is 0.685. The molecule has 2 aromatic carbocycles. The lowest BCUT2D eigenvalue weighted by atomic mass is 10.1. The lowest BCUT2D eigenvalue weighted by Gasteiger charge is -2.15. The molecular weight excluding hydrogens is 326 g/mol. The summed E-state index contributed by atoms with van der Waals surface area (Å²) in [4.78, 5) is 18.9. The number of amides is 1. The summed E-state index contributed by atoms with van der Waals surface area (Å²) >= 11 is 0. The zero-order valence-electron chi connectivity index (χ0n) is 15.0. The highest BCUT2D eigenvalue weighted by molar-refractivity contribution is 5.80. The van der Waals surface area contributed by atoms with Gasteiger partial charge in [0, 0.05) is 25.4 Å². The maximum atomic E-state index is 12.2. The molecule has 1 atom stereocenters. The molecule has 0 bridgehead atoms. The van der Waals surface area contributed by atoms with Crippen molar-refractivity contribution in [2.75, 3.05) is 19.7 Å². The molecular formula is C21H23N3O2. The summed E-state index contributed by atoms with van der Waals surface area (Å²) in [6.07, 6.45) is 0.538. The Morgan fingerprint density at radius 1 is 1.12 bits per heavy atom. The van der Waals surface area contributed by atoms with Crippen molar-refractivity contribution in [1.29, 1.82) is 0 Å². The first kappa shape index (κ1) is 16.6. The van der Waals surface area contributed by atoms with Crippen LogP contribution in [-0.4, -0.2) is 40.1 Å². The highest BCUT2D eigenvalue weighted by Gasteiger charge is 2.33. The number of para-hydroxylation sites is 3. The smallest absolute Gasteiger partial charge is 0.223 e. The maximum Gasteiger partial charge on any atom is 0.223 e. The predicted octanol–water partition coefficient (Wildman–Crippen LogP) is 3.45. The average Bonchev–Trinajstić information content (AvgIpc) is 3.23. The highest BCUT2D eigenvalue weighted by Crippen LogP contribution is 2.30. The minimum absolute atomic E-state index is 0.145. The van der Waals surface area contributed by atoms with Crippen molar-refractivity contribution in [2.24, 2.45) is 0 Å². The Kier molecular flexibility index (Phi) is 4.61. The number of hydrogen-bond acceptors (Lipinski definition) is 3. The van der Waals surface area contributed by atoms with E-state index in [1.165, 1.54) is 0 Å². The van der Waals surface area contributed by atoms with Crippen molar-refractivity contribution < 1.29 is 9.53 Å². The Bertz CT molecular complexity index is 904. The molecule has 0 aliphatic carbocycles. The van der Waals surface area contributed by atoms with Crippen LogP contribution in [0.3, 0.4) is 0 Å². The minimum Gasteiger partial charge on any atom is -0.492 e. The molecule has 0 spiro atoms. The van der Waals surface area contributed by atoms with E-state index in [0.29, 0.717) is 19.6 Å². The number of fused-ring (bicyclic) bond motifs is 1. The van der Waals surface area contributed by atoms with E-state index >= 15 is 0 Å². The SMILES string of the molecule is CCN1CC(c2nc3ccccc3n2CCOc2ccccc2)CC1=O. The first-order valence-electron chi connectivity index (χ1n) is 9.17. The van der Waals surface area contributed by atoms with Crippen LogP contribution in [-0.2, 0) is 11.3 Å². The predicted molar refractivity (Wildman–Crippen MR) is 101 cm³/mol. The molecule has 5 heteroatoms. The molecule has 1 amide bonds. The van der Waals surface area contributed by atoms with E-state index in [1.807, 2.05) is 60.4 Å². The first-order chi connectivity index (χ1) is 12.8. The molecule has 1 fully saturated rings. The van der Waals surface area contributed by atoms with Crippen LogP contribution in [0.25, 0.3) is 11.0 Å². The number of rotatable bonds is 6. The Balaban J connectivity index is 1.59. The summed E-state index contributed by atoms with van der Waals surface area (Å²) in [6, 6.07) is 18.0. The van der Waals surface area contributed by atoms with E-state index < -0.39 is 0 Å². The van der Waals surface area contributed by atoms with Crippen molar-refractivity contribution in [3.8, 4) is 5.75 Å². The number of nitrogens with zero attached hydrogens (tertiary/aromatic N) is 3. The molecule has 1 saturated heterocycles. The monoisotopic (exact) mass is 349 g/mol. The van der Waals surface area contributed by atoms with E-state index in [1.54, 1.807) is 0 Å². The molecule has 1 aliphatic heterocycles. The molecule has 5 nitrogen and oxygen atoms in total. The van der Waals surface area contributed by atoms with E-state index in [4.69, 9.17) is 9.72 Å². The zero-order valence-corrected chi connectivity index (χ0v) is 15.0. The Hall–Kier alpha value is -2.82. The van der Waals surface area contributed by atoms with Crippen molar-refractivity contribution in [3.63, 3.8) is 0 Å². The second kappa shape index (κ2) is 7.20. The number of likely N-dealkylation sites (N-methyl/N-ethyl adjacent to an activating group) is 1. The minimum atomic E-state index is 0.145. The highest BCUT2D eigenvalue weighted by atomic mass is 16.5. The van der Waals surface area contributed by atoms with Gasteiger partial charge in [-0.3, -0.25) is 4.79 Å². The number of benzene rings is 2. The number of likely N-dealkylation sites (tertiary alicyclic amines) is 1. The average molecular weight is 349 g/mol. The van der Waals surface area contributed by atoms with Gasteiger partial charge in [0.05, 0.1) is 17.6 Å². The van der Waals surface area contributed by atoms with Crippen molar-refractivity contribution in [3.05, 3.63) is 60.4 Å². The fourth-order valence-corrected chi connectivity index (χ4v) is 3.66. The lowest BCUT2D eigenvalue weighted by molar-refractivity contribution is -0.127. The molecule has 1 unspecified atom stereocenters. The van der Waals surface area contributed by atoms with Gasteiger partial charge in [-0.25, -0.2) is 4.98 Å². The van der Waals surface area contributed by atoms with Gasteiger partial charge >= 0.3 is 0 Å². The van der Waals surface area contributed by atoms with Gasteiger partial charge in [0.15, 0.2) is 0 Å². The molecule has 0 radical (unpaired) electrons. The first-order valence-corrected chi connectivity index (χ1v) is 9.17. The van der Waals surface area contributed by atoms with E-state index in [-0.39, 0.29) is 11.8 Å². The second-order valence-electron chi connectivity index (χ2n) is 6.61. The molecule has 26 heavy (non-hydrogen) atoms. The van der Waals surface area contributed by atoms with Crippen LogP contribution in [0.15, 0.2) is 54.6 Å². The molecule has 3 aromatic rings. The topological polar surface area (TPSA) is 47.4 Å². The lowest BCUT2D eigenvalue weighted by Crippen LogP contribution is -2.24. The summed E-state index contributed by atoms with van der Waals surface area (Å²) < 4.78 is 8.10. The van der Waals surface area contributed by atoms with Gasteiger partial charge in [0.1, 0.15) is 18.2 Å². The van der Waals surface area contributed by atoms with Gasteiger partial charge in [-0.05, 0) is 31.2 Å². The van der Waals surface area contributed by atoms with Crippen LogP contribution in [0.5, 0.6) is 5.75 Å². The van der Waals surface area contributed by atoms with Gasteiger partial charge < -0.3 is 14.2 Å². The van der Waals surface area contributed by atoms with E-state index in [0.717, 1.165) is 35.7 Å². The zero-order chi connectivity index (χ0) is 17.9. The molecule has 1 aliphatic rings. The van der Waals surface area contributed by atoms with Crippen LogP contribution in [0, 0.1) is 0 Å². The Labute approximate surface area is 153 Å². The summed E-state index contributed by atoms with van der Waals surface area (Å²) in [6.45, 7) is 4.80. The normalized spacial score (nSPS) is 17.2. The standard InChI is InChI=1S/C21H23N3O2/c1-2-23-15-16(14-20(23)25)21-22-18-10-6-7-11-19(18)24(21)12-13-26-17-8-4-3-5-9-17/h3-11,16H,2,12-15H2,1H3. The molecule has 0 saturated carbocycles. The number of ether oxygens (including phenoxy) is 1. The molecule has 134 valence electrons. The van der Waals surface area contributed by atoms with Crippen molar-refractivity contribution >= 4 is 16.9 Å². The number of carbonyl (C=O) groups excluding carboxylic acids is 1. The Morgan fingerprint density at radius 3 is 2.65 bits per heavy atom. The third kappa shape index (κ3) is 3.17. The molecule has 2 heterocycles. The Morgan fingerprint density at radius 2 is 1.88 bits per heavy atom. The van der Waals surface area contributed by atoms with Gasteiger partial charge in [-0.2, -0.15) is 0 Å². The largest absolute Gasteiger partial charge is 0.492 e. The summed E-state index contributed by atoms with van der Waals surface area (Å²) in [5, 5.41) is 0. The summed E-state index contributed by atoms with van der Waals surface area (Å²) in [5.41, 5.74) is 2.08. The number of carbonyl (C=O) groups is 1. The van der Waals surface area contributed by atoms with Crippen molar-refractivity contribution in [2.45, 2.75) is 25.8 Å². The van der Waals surface area contributed by atoms with Gasteiger partial charge in [-0.1, -0.05) is 30.3 Å². The number of imidazole rings is 1. The maximum absolute atomic E-state index is 12.2. The van der Waals surface area contributed by atoms with Gasteiger partial charge in [0.25, 0.3) is 0 Å². The van der Waals surface area contributed by atoms with E-state index in [2.05, 4.69) is 10.6 Å². The van der Waals surface area contributed by atoms with Crippen LogP contribution < -0.4 is 4.74 Å². The van der Waals surface area contributed by atoms with Gasteiger partial charge in [-0.15, -0.1) is 0 Å². The molecule has 0 N–H and O–H groups in total. The third-order valence-electron chi connectivity index (χ3n) is 4.97. The molecule has 1 aromatic heterocycles. The fraction of sp³-hybridized carbons (Fsp3) is 0.333.